The summed E-state index contributed by atoms with van der Waals surface area (Å²) in [5, 5.41) is 9.31. The SMILES string of the molecule is COc1ccccc1N1CCN(CC2(CC(=O)O)C=CC=CC2)CC1. The fourth-order valence-electron chi connectivity index (χ4n) is 3.80. The van der Waals surface area contributed by atoms with Crippen LogP contribution in [0.15, 0.2) is 48.6 Å². The molecule has 1 heterocycles. The van der Waals surface area contributed by atoms with Gasteiger partial charge >= 0.3 is 5.97 Å². The average molecular weight is 342 g/mol. The summed E-state index contributed by atoms with van der Waals surface area (Å²) in [4.78, 5) is 16.1. The number of ether oxygens (including phenoxy) is 1. The van der Waals surface area contributed by atoms with Crippen LogP contribution in [0.4, 0.5) is 5.69 Å². The van der Waals surface area contributed by atoms with Gasteiger partial charge in [0.1, 0.15) is 5.75 Å². The molecule has 1 aliphatic heterocycles. The zero-order chi connectivity index (χ0) is 17.7. The second kappa shape index (κ2) is 7.74. The molecule has 5 heteroatoms. The minimum absolute atomic E-state index is 0.181. The summed E-state index contributed by atoms with van der Waals surface area (Å²) >= 11 is 0. The largest absolute Gasteiger partial charge is 0.495 e. The molecule has 0 aromatic heterocycles. The zero-order valence-corrected chi connectivity index (χ0v) is 14.7. The minimum Gasteiger partial charge on any atom is -0.495 e. The molecule has 2 aliphatic rings. The topological polar surface area (TPSA) is 53.0 Å². The number of methoxy groups -OCH3 is 1. The summed E-state index contributed by atoms with van der Waals surface area (Å²) in [6.07, 6.45) is 9.11. The smallest absolute Gasteiger partial charge is 0.304 e. The highest BCUT2D eigenvalue weighted by atomic mass is 16.5. The number of anilines is 1. The first-order chi connectivity index (χ1) is 12.1. The number of piperazine rings is 1. The number of rotatable bonds is 6. The Morgan fingerprint density at radius 2 is 1.96 bits per heavy atom. The Hall–Kier alpha value is -2.27. The lowest BCUT2D eigenvalue weighted by molar-refractivity contribution is -0.139. The molecule has 1 aliphatic carbocycles. The number of para-hydroxylation sites is 2. The molecule has 0 spiro atoms. The van der Waals surface area contributed by atoms with E-state index in [1.165, 1.54) is 0 Å². The number of allylic oxidation sites excluding steroid dienone is 3. The fraction of sp³-hybridized carbons (Fsp3) is 0.450. The van der Waals surface area contributed by atoms with Crippen LogP contribution in [0.5, 0.6) is 5.75 Å². The third-order valence-electron chi connectivity index (χ3n) is 5.06. The Labute approximate surface area is 149 Å². The normalized spacial score (nSPS) is 23.6. The summed E-state index contributed by atoms with van der Waals surface area (Å²) in [7, 11) is 1.70. The monoisotopic (exact) mass is 342 g/mol. The molecule has 1 saturated heterocycles. The van der Waals surface area contributed by atoms with Gasteiger partial charge in [-0.25, -0.2) is 0 Å². The molecule has 3 rings (SSSR count). The predicted molar refractivity (Wildman–Crippen MR) is 99.2 cm³/mol. The quantitative estimate of drug-likeness (QED) is 0.861. The number of hydrogen-bond acceptors (Lipinski definition) is 4. The molecule has 0 saturated carbocycles. The van der Waals surface area contributed by atoms with Crippen LogP contribution in [0.2, 0.25) is 0 Å². The number of benzene rings is 1. The molecule has 134 valence electrons. The van der Waals surface area contributed by atoms with Crippen molar-refractivity contribution in [3.05, 3.63) is 48.6 Å². The standard InChI is InChI=1S/C20H26N2O3/c1-25-18-8-4-3-7-17(18)22-13-11-21(12-14-22)16-20(15-19(23)24)9-5-2-6-10-20/h2-9H,10-16H2,1H3,(H,23,24). The van der Waals surface area contributed by atoms with Crippen molar-refractivity contribution < 1.29 is 14.6 Å². The van der Waals surface area contributed by atoms with Crippen molar-refractivity contribution in [3.8, 4) is 5.75 Å². The van der Waals surface area contributed by atoms with E-state index < -0.39 is 5.97 Å². The Morgan fingerprint density at radius 1 is 1.20 bits per heavy atom. The molecule has 1 aromatic carbocycles. The Morgan fingerprint density at radius 3 is 2.60 bits per heavy atom. The Bertz CT molecular complexity index is 663. The van der Waals surface area contributed by atoms with Crippen LogP contribution in [0.1, 0.15) is 12.8 Å². The van der Waals surface area contributed by atoms with Crippen molar-refractivity contribution in [1.29, 1.82) is 0 Å². The highest BCUT2D eigenvalue weighted by Crippen LogP contribution is 2.34. The predicted octanol–water partition coefficient (Wildman–Crippen LogP) is 2.79. The summed E-state index contributed by atoms with van der Waals surface area (Å²) in [5.41, 5.74) is 0.845. The van der Waals surface area contributed by atoms with Crippen molar-refractivity contribution in [3.63, 3.8) is 0 Å². The van der Waals surface area contributed by atoms with Crippen LogP contribution in [0.25, 0.3) is 0 Å². The Balaban J connectivity index is 1.63. The zero-order valence-electron chi connectivity index (χ0n) is 14.7. The van der Waals surface area contributed by atoms with E-state index in [1.54, 1.807) is 7.11 Å². The van der Waals surface area contributed by atoms with Crippen LogP contribution >= 0.6 is 0 Å². The summed E-state index contributed by atoms with van der Waals surface area (Å²) in [5.74, 6) is 0.172. The first kappa shape index (κ1) is 17.5. The summed E-state index contributed by atoms with van der Waals surface area (Å²) < 4.78 is 5.47. The lowest BCUT2D eigenvalue weighted by atomic mass is 9.78. The summed E-state index contributed by atoms with van der Waals surface area (Å²) in [6, 6.07) is 8.10. The van der Waals surface area contributed by atoms with Gasteiger partial charge in [-0.3, -0.25) is 9.69 Å². The highest BCUT2D eigenvalue weighted by molar-refractivity contribution is 5.68. The van der Waals surface area contributed by atoms with Crippen LogP contribution < -0.4 is 9.64 Å². The number of nitrogens with zero attached hydrogens (tertiary/aromatic N) is 2. The number of carboxylic acids is 1. The maximum Gasteiger partial charge on any atom is 0.304 e. The van der Waals surface area contributed by atoms with E-state index in [2.05, 4.69) is 28.0 Å². The lowest BCUT2D eigenvalue weighted by Gasteiger charge is -2.41. The number of carboxylic acid groups (broad SMARTS) is 1. The van der Waals surface area contributed by atoms with Crippen molar-refractivity contribution in [2.75, 3.05) is 44.7 Å². The first-order valence-corrected chi connectivity index (χ1v) is 8.78. The van der Waals surface area contributed by atoms with E-state index in [1.807, 2.05) is 30.4 Å². The molecule has 0 bridgehead atoms. The third kappa shape index (κ3) is 4.23. The van der Waals surface area contributed by atoms with Crippen molar-refractivity contribution >= 4 is 11.7 Å². The maximum atomic E-state index is 11.3. The van der Waals surface area contributed by atoms with Crippen LogP contribution in [-0.4, -0.2) is 55.8 Å². The molecule has 0 amide bonds. The number of aliphatic carboxylic acids is 1. The lowest BCUT2D eigenvalue weighted by Crippen LogP contribution is -2.50. The molecule has 1 N–H and O–H groups in total. The summed E-state index contributed by atoms with van der Waals surface area (Å²) in [6.45, 7) is 4.49. The van der Waals surface area contributed by atoms with Gasteiger partial charge < -0.3 is 14.7 Å². The minimum atomic E-state index is -0.729. The van der Waals surface area contributed by atoms with Crippen LogP contribution in [0.3, 0.4) is 0 Å². The van der Waals surface area contributed by atoms with E-state index >= 15 is 0 Å². The van der Waals surface area contributed by atoms with Crippen molar-refractivity contribution in [1.82, 2.24) is 4.90 Å². The van der Waals surface area contributed by atoms with E-state index in [9.17, 15) is 9.90 Å². The van der Waals surface area contributed by atoms with E-state index in [4.69, 9.17) is 4.74 Å². The molecule has 5 nitrogen and oxygen atoms in total. The molecule has 1 fully saturated rings. The number of hydrogen-bond donors (Lipinski definition) is 1. The molecule has 1 unspecified atom stereocenters. The van der Waals surface area contributed by atoms with Gasteiger partial charge in [0.25, 0.3) is 0 Å². The van der Waals surface area contributed by atoms with Gasteiger partial charge in [-0.15, -0.1) is 0 Å². The van der Waals surface area contributed by atoms with Crippen LogP contribution in [0, 0.1) is 5.41 Å². The maximum absolute atomic E-state index is 11.3. The molecule has 25 heavy (non-hydrogen) atoms. The Kier molecular flexibility index (Phi) is 5.43. The van der Waals surface area contributed by atoms with Crippen LogP contribution in [-0.2, 0) is 4.79 Å². The second-order valence-electron chi connectivity index (χ2n) is 6.86. The van der Waals surface area contributed by atoms with Gasteiger partial charge in [0.15, 0.2) is 0 Å². The van der Waals surface area contributed by atoms with Gasteiger partial charge in [-0.05, 0) is 18.6 Å². The van der Waals surface area contributed by atoms with E-state index in [0.717, 1.165) is 50.6 Å². The molecular formula is C20H26N2O3. The fourth-order valence-corrected chi connectivity index (χ4v) is 3.80. The van der Waals surface area contributed by atoms with Crippen molar-refractivity contribution in [2.45, 2.75) is 12.8 Å². The van der Waals surface area contributed by atoms with E-state index in [-0.39, 0.29) is 11.8 Å². The molecule has 1 aromatic rings. The van der Waals surface area contributed by atoms with E-state index in [0.29, 0.717) is 0 Å². The number of carbonyl (C=O) groups is 1. The van der Waals surface area contributed by atoms with Gasteiger partial charge in [0, 0.05) is 38.1 Å². The van der Waals surface area contributed by atoms with Crippen molar-refractivity contribution in [2.24, 2.45) is 5.41 Å². The van der Waals surface area contributed by atoms with Gasteiger partial charge in [0.2, 0.25) is 0 Å². The average Bonchev–Trinajstić information content (AvgIpc) is 2.62. The van der Waals surface area contributed by atoms with Gasteiger partial charge in [-0.2, -0.15) is 0 Å². The molecular weight excluding hydrogens is 316 g/mol. The van der Waals surface area contributed by atoms with Gasteiger partial charge in [0.05, 0.1) is 19.2 Å². The highest BCUT2D eigenvalue weighted by Gasteiger charge is 2.33. The van der Waals surface area contributed by atoms with Gasteiger partial charge in [-0.1, -0.05) is 36.4 Å². The second-order valence-corrected chi connectivity index (χ2v) is 6.86. The third-order valence-corrected chi connectivity index (χ3v) is 5.06. The first-order valence-electron chi connectivity index (χ1n) is 8.78. The molecule has 0 radical (unpaired) electrons. The molecule has 1 atom stereocenters.